The Morgan fingerprint density at radius 1 is 1.18 bits per heavy atom. The maximum absolute atomic E-state index is 12.0. The summed E-state index contributed by atoms with van der Waals surface area (Å²) in [6.07, 6.45) is 0. The first-order valence-corrected chi connectivity index (χ1v) is 7.24. The zero-order valence-corrected chi connectivity index (χ0v) is 13.1. The second-order valence-corrected chi connectivity index (χ2v) is 5.65. The van der Waals surface area contributed by atoms with Crippen LogP contribution in [0.1, 0.15) is 13.8 Å². The van der Waals surface area contributed by atoms with Crippen molar-refractivity contribution in [1.29, 1.82) is 0 Å². The van der Waals surface area contributed by atoms with Crippen molar-refractivity contribution >= 4 is 17.5 Å². The van der Waals surface area contributed by atoms with Crippen LogP contribution in [0.5, 0.6) is 11.5 Å². The molecule has 0 bridgehead atoms. The van der Waals surface area contributed by atoms with Crippen LogP contribution in [0.25, 0.3) is 0 Å². The molecule has 0 radical (unpaired) electrons. The van der Waals surface area contributed by atoms with E-state index in [2.05, 4.69) is 10.6 Å². The van der Waals surface area contributed by atoms with Crippen molar-refractivity contribution in [2.24, 2.45) is 0 Å². The van der Waals surface area contributed by atoms with Gasteiger partial charge in [-0.25, -0.2) is 0 Å². The molecule has 22 heavy (non-hydrogen) atoms. The monoisotopic (exact) mass is 308 g/mol. The van der Waals surface area contributed by atoms with E-state index in [1.165, 1.54) is 0 Å². The summed E-state index contributed by atoms with van der Waals surface area (Å²) in [5.74, 6) is 1.07. The largest absolute Gasteiger partial charge is 0.454 e. The molecule has 0 aromatic heterocycles. The SMILES string of the molecule is CC(C)NC(=O)C[NH+](C)CC(=O)Nc1ccc2c(c1)OCO2. The lowest BCUT2D eigenvalue weighted by Crippen LogP contribution is -3.11. The average Bonchev–Trinajstić information content (AvgIpc) is 2.84. The number of hydrogen-bond donors (Lipinski definition) is 3. The van der Waals surface area contributed by atoms with Crippen LogP contribution < -0.4 is 25.0 Å². The van der Waals surface area contributed by atoms with Crippen LogP contribution in [0.3, 0.4) is 0 Å². The molecule has 0 saturated carbocycles. The van der Waals surface area contributed by atoms with E-state index in [1.807, 2.05) is 13.8 Å². The number of fused-ring (bicyclic) bond motifs is 1. The molecule has 0 spiro atoms. The summed E-state index contributed by atoms with van der Waals surface area (Å²) in [6, 6.07) is 5.33. The number of likely N-dealkylation sites (N-methyl/N-ethyl adjacent to an activating group) is 1. The predicted octanol–water partition coefficient (Wildman–Crippen LogP) is -0.607. The summed E-state index contributed by atoms with van der Waals surface area (Å²) in [5, 5.41) is 5.59. The standard InChI is InChI=1S/C15H21N3O4/c1-10(2)16-14(19)7-18(3)8-15(20)17-11-4-5-12-13(6-11)22-9-21-12/h4-6,10H,7-9H2,1-3H3,(H,16,19)(H,17,20)/p+1. The Labute approximate surface area is 129 Å². The average molecular weight is 308 g/mol. The molecule has 7 heteroatoms. The lowest BCUT2D eigenvalue weighted by atomic mass is 10.2. The lowest BCUT2D eigenvalue weighted by Gasteiger charge is -2.15. The highest BCUT2D eigenvalue weighted by Crippen LogP contribution is 2.34. The van der Waals surface area contributed by atoms with Crippen LogP contribution in [-0.4, -0.2) is 44.8 Å². The van der Waals surface area contributed by atoms with Gasteiger partial charge in [0.25, 0.3) is 11.8 Å². The Morgan fingerprint density at radius 2 is 1.86 bits per heavy atom. The molecule has 3 N–H and O–H groups in total. The molecule has 1 unspecified atom stereocenters. The molecule has 1 aliphatic rings. The maximum Gasteiger partial charge on any atom is 0.279 e. The number of carbonyl (C=O) groups excluding carboxylic acids is 2. The number of hydrogen-bond acceptors (Lipinski definition) is 4. The molecule has 1 aromatic carbocycles. The van der Waals surface area contributed by atoms with Crippen LogP contribution in [0.2, 0.25) is 0 Å². The third kappa shape index (κ3) is 4.63. The maximum atomic E-state index is 12.0. The molecule has 2 rings (SSSR count). The van der Waals surface area contributed by atoms with E-state index < -0.39 is 0 Å². The Balaban J connectivity index is 1.81. The van der Waals surface area contributed by atoms with E-state index in [9.17, 15) is 9.59 Å². The van der Waals surface area contributed by atoms with Gasteiger partial charge in [0.2, 0.25) is 6.79 Å². The minimum absolute atomic E-state index is 0.0663. The van der Waals surface area contributed by atoms with Gasteiger partial charge in [-0.15, -0.1) is 0 Å². The van der Waals surface area contributed by atoms with Crippen LogP contribution in [0.15, 0.2) is 18.2 Å². The number of benzene rings is 1. The minimum Gasteiger partial charge on any atom is -0.454 e. The number of anilines is 1. The van der Waals surface area contributed by atoms with Gasteiger partial charge in [-0.2, -0.15) is 0 Å². The Morgan fingerprint density at radius 3 is 2.59 bits per heavy atom. The van der Waals surface area contributed by atoms with Crippen molar-refractivity contribution in [3.8, 4) is 11.5 Å². The summed E-state index contributed by atoms with van der Waals surface area (Å²) in [6.45, 7) is 4.47. The fourth-order valence-electron chi connectivity index (χ4n) is 2.16. The predicted molar refractivity (Wildman–Crippen MR) is 81.1 cm³/mol. The van der Waals surface area contributed by atoms with Gasteiger partial charge >= 0.3 is 0 Å². The van der Waals surface area contributed by atoms with Crippen LogP contribution in [-0.2, 0) is 9.59 Å². The minimum atomic E-state index is -0.159. The van der Waals surface area contributed by atoms with Crippen molar-refractivity contribution in [1.82, 2.24) is 5.32 Å². The summed E-state index contributed by atoms with van der Waals surface area (Å²) < 4.78 is 10.5. The zero-order valence-electron chi connectivity index (χ0n) is 13.1. The topological polar surface area (TPSA) is 81.1 Å². The van der Waals surface area contributed by atoms with E-state index in [1.54, 1.807) is 25.2 Å². The molecule has 1 heterocycles. The molecule has 1 aromatic rings. The lowest BCUT2D eigenvalue weighted by molar-refractivity contribution is -0.862. The Kier molecular flexibility index (Phi) is 5.21. The second-order valence-electron chi connectivity index (χ2n) is 5.65. The first-order valence-electron chi connectivity index (χ1n) is 7.24. The van der Waals surface area contributed by atoms with Gasteiger partial charge in [0.05, 0.1) is 7.05 Å². The molecule has 1 aliphatic heterocycles. The van der Waals surface area contributed by atoms with E-state index in [4.69, 9.17) is 9.47 Å². The molecule has 0 saturated heterocycles. The van der Waals surface area contributed by atoms with Crippen molar-refractivity contribution in [2.75, 3.05) is 32.2 Å². The summed E-state index contributed by atoms with van der Waals surface area (Å²) >= 11 is 0. The first kappa shape index (κ1) is 16.1. The van der Waals surface area contributed by atoms with Crippen molar-refractivity contribution < 1.29 is 24.0 Å². The van der Waals surface area contributed by atoms with Crippen LogP contribution in [0.4, 0.5) is 5.69 Å². The summed E-state index contributed by atoms with van der Waals surface area (Å²) in [4.78, 5) is 24.4. The van der Waals surface area contributed by atoms with Gasteiger partial charge in [0, 0.05) is 17.8 Å². The van der Waals surface area contributed by atoms with E-state index >= 15 is 0 Å². The normalized spacial score (nSPS) is 13.8. The van der Waals surface area contributed by atoms with Crippen molar-refractivity contribution in [3.63, 3.8) is 0 Å². The fourth-order valence-corrected chi connectivity index (χ4v) is 2.16. The van der Waals surface area contributed by atoms with Gasteiger partial charge in [0.1, 0.15) is 0 Å². The molecule has 0 fully saturated rings. The zero-order chi connectivity index (χ0) is 16.1. The number of ether oxygens (including phenoxy) is 2. The van der Waals surface area contributed by atoms with Crippen molar-refractivity contribution in [2.45, 2.75) is 19.9 Å². The molecular formula is C15H22N3O4+. The molecule has 0 aliphatic carbocycles. The van der Waals surface area contributed by atoms with Gasteiger partial charge in [-0.3, -0.25) is 9.59 Å². The first-order chi connectivity index (χ1) is 10.4. The second kappa shape index (κ2) is 7.13. The molecule has 2 amide bonds. The smallest absolute Gasteiger partial charge is 0.279 e. The number of nitrogens with one attached hydrogen (secondary N) is 3. The van der Waals surface area contributed by atoms with Gasteiger partial charge in [0.15, 0.2) is 24.6 Å². The summed E-state index contributed by atoms with van der Waals surface area (Å²) in [5.41, 5.74) is 0.647. The number of rotatable bonds is 6. The van der Waals surface area contributed by atoms with Gasteiger partial charge in [-0.1, -0.05) is 0 Å². The fraction of sp³-hybridized carbons (Fsp3) is 0.467. The third-order valence-electron chi connectivity index (χ3n) is 3.03. The Hall–Kier alpha value is -2.28. The summed E-state index contributed by atoms with van der Waals surface area (Å²) in [7, 11) is 1.80. The van der Waals surface area contributed by atoms with Crippen molar-refractivity contribution in [3.05, 3.63) is 18.2 Å². The Bertz CT molecular complexity index is 560. The number of carbonyl (C=O) groups is 2. The van der Waals surface area contributed by atoms with Crippen LogP contribution >= 0.6 is 0 Å². The number of amides is 2. The highest BCUT2D eigenvalue weighted by atomic mass is 16.7. The molecular weight excluding hydrogens is 286 g/mol. The van der Waals surface area contributed by atoms with E-state index in [0.29, 0.717) is 17.2 Å². The highest BCUT2D eigenvalue weighted by Gasteiger charge is 2.17. The molecule has 1 atom stereocenters. The molecule has 120 valence electrons. The molecule has 7 nitrogen and oxygen atoms in total. The highest BCUT2D eigenvalue weighted by molar-refractivity contribution is 5.92. The van der Waals surface area contributed by atoms with E-state index in [-0.39, 0.29) is 37.7 Å². The third-order valence-corrected chi connectivity index (χ3v) is 3.03. The number of quaternary nitrogens is 1. The van der Waals surface area contributed by atoms with E-state index in [0.717, 1.165) is 4.90 Å². The van der Waals surface area contributed by atoms with Gasteiger partial charge < -0.3 is 25.0 Å². The van der Waals surface area contributed by atoms with Gasteiger partial charge in [-0.05, 0) is 26.0 Å². The van der Waals surface area contributed by atoms with Crippen LogP contribution in [0, 0.1) is 0 Å². The quantitative estimate of drug-likeness (QED) is 0.655.